The third-order valence-electron chi connectivity index (χ3n) is 4.38. The standard InChI is InChI=1S/C21H24N4O4/c1-14(22-20(27)13-28-2)21-24-17-9-4-5-10-18(17)25(21)12-19(26)23-15-7-6-8-16(11-15)29-3/h4-11,14H,12-13H2,1-3H3,(H,22,27)(H,23,26). The highest BCUT2D eigenvalue weighted by Crippen LogP contribution is 2.22. The predicted molar refractivity (Wildman–Crippen MR) is 110 cm³/mol. The van der Waals surface area contributed by atoms with Gasteiger partial charge in [-0.3, -0.25) is 9.59 Å². The van der Waals surface area contributed by atoms with Crippen molar-refractivity contribution in [2.75, 3.05) is 26.1 Å². The van der Waals surface area contributed by atoms with Crippen molar-refractivity contribution in [2.24, 2.45) is 0 Å². The van der Waals surface area contributed by atoms with E-state index in [1.165, 1.54) is 7.11 Å². The maximum absolute atomic E-state index is 12.7. The van der Waals surface area contributed by atoms with Crippen molar-refractivity contribution in [3.05, 3.63) is 54.4 Å². The number of benzene rings is 2. The zero-order valence-corrected chi connectivity index (χ0v) is 16.6. The number of aromatic nitrogens is 2. The van der Waals surface area contributed by atoms with Gasteiger partial charge in [0.05, 0.1) is 24.2 Å². The summed E-state index contributed by atoms with van der Waals surface area (Å²) in [5.74, 6) is 0.792. The fourth-order valence-corrected chi connectivity index (χ4v) is 3.11. The lowest BCUT2D eigenvalue weighted by molar-refractivity contribution is -0.125. The van der Waals surface area contributed by atoms with Gasteiger partial charge in [0.15, 0.2) is 0 Å². The molecule has 3 aromatic rings. The molecule has 8 nitrogen and oxygen atoms in total. The molecule has 8 heteroatoms. The van der Waals surface area contributed by atoms with Gasteiger partial charge in [-0.2, -0.15) is 0 Å². The molecule has 1 heterocycles. The molecule has 0 spiro atoms. The van der Waals surface area contributed by atoms with Crippen LogP contribution in [0.1, 0.15) is 18.8 Å². The number of amides is 2. The van der Waals surface area contributed by atoms with Crippen molar-refractivity contribution < 1.29 is 19.1 Å². The van der Waals surface area contributed by atoms with Gasteiger partial charge in [0.2, 0.25) is 11.8 Å². The molecule has 29 heavy (non-hydrogen) atoms. The van der Waals surface area contributed by atoms with Crippen LogP contribution in [0.2, 0.25) is 0 Å². The number of carbonyl (C=O) groups excluding carboxylic acids is 2. The van der Waals surface area contributed by atoms with Gasteiger partial charge in [0.1, 0.15) is 24.7 Å². The first kappa shape index (κ1) is 20.3. The van der Waals surface area contributed by atoms with Crippen LogP contribution < -0.4 is 15.4 Å². The maximum Gasteiger partial charge on any atom is 0.246 e. The van der Waals surface area contributed by atoms with Crippen LogP contribution in [0.5, 0.6) is 5.75 Å². The summed E-state index contributed by atoms with van der Waals surface area (Å²) in [4.78, 5) is 29.2. The lowest BCUT2D eigenvalue weighted by Gasteiger charge is -2.16. The molecular weight excluding hydrogens is 372 g/mol. The smallest absolute Gasteiger partial charge is 0.246 e. The van der Waals surface area contributed by atoms with Gasteiger partial charge in [0, 0.05) is 18.9 Å². The van der Waals surface area contributed by atoms with E-state index in [-0.39, 0.29) is 25.0 Å². The van der Waals surface area contributed by atoms with Crippen molar-refractivity contribution in [3.8, 4) is 5.75 Å². The number of hydrogen-bond acceptors (Lipinski definition) is 5. The second-order valence-corrected chi connectivity index (χ2v) is 6.55. The molecule has 3 rings (SSSR count). The minimum absolute atomic E-state index is 0.0408. The van der Waals surface area contributed by atoms with Crippen LogP contribution >= 0.6 is 0 Å². The number of anilines is 1. The van der Waals surface area contributed by atoms with E-state index in [2.05, 4.69) is 15.6 Å². The molecule has 0 aliphatic heterocycles. The van der Waals surface area contributed by atoms with Crippen LogP contribution in [0.3, 0.4) is 0 Å². The molecule has 2 aromatic carbocycles. The minimum atomic E-state index is -0.394. The number of methoxy groups -OCH3 is 2. The van der Waals surface area contributed by atoms with Crippen molar-refractivity contribution in [3.63, 3.8) is 0 Å². The molecule has 152 valence electrons. The lowest BCUT2D eigenvalue weighted by atomic mass is 10.3. The van der Waals surface area contributed by atoms with Crippen molar-refractivity contribution in [2.45, 2.75) is 19.5 Å². The Morgan fingerprint density at radius 2 is 1.90 bits per heavy atom. The summed E-state index contributed by atoms with van der Waals surface area (Å²) >= 11 is 0. The van der Waals surface area contributed by atoms with Crippen LogP contribution in [0, 0.1) is 0 Å². The number of ether oxygens (including phenoxy) is 2. The van der Waals surface area contributed by atoms with Gasteiger partial charge in [-0.05, 0) is 31.2 Å². The number of hydrogen-bond donors (Lipinski definition) is 2. The molecule has 0 saturated heterocycles. The van der Waals surface area contributed by atoms with Crippen LogP contribution in [0.4, 0.5) is 5.69 Å². The summed E-state index contributed by atoms with van der Waals surface area (Å²) in [7, 11) is 3.03. The molecule has 0 radical (unpaired) electrons. The molecular formula is C21H24N4O4. The molecule has 0 aliphatic carbocycles. The van der Waals surface area contributed by atoms with Gasteiger partial charge in [-0.25, -0.2) is 4.98 Å². The van der Waals surface area contributed by atoms with Gasteiger partial charge < -0.3 is 24.7 Å². The summed E-state index contributed by atoms with van der Waals surface area (Å²) < 4.78 is 11.9. The monoisotopic (exact) mass is 396 g/mol. The van der Waals surface area contributed by atoms with E-state index in [4.69, 9.17) is 9.47 Å². The predicted octanol–water partition coefficient (Wildman–Crippen LogP) is 2.51. The minimum Gasteiger partial charge on any atom is -0.497 e. The van der Waals surface area contributed by atoms with E-state index in [9.17, 15) is 9.59 Å². The Kier molecular flexibility index (Phi) is 6.46. The molecule has 2 amide bonds. The number of imidazole rings is 1. The molecule has 1 atom stereocenters. The number of fused-ring (bicyclic) bond motifs is 1. The average molecular weight is 396 g/mol. The maximum atomic E-state index is 12.7. The fraction of sp³-hybridized carbons (Fsp3) is 0.286. The summed E-state index contributed by atoms with van der Waals surface area (Å²) in [5, 5.41) is 5.71. The molecule has 0 saturated carbocycles. The Bertz CT molecular complexity index is 1010. The molecule has 2 N–H and O–H groups in total. The quantitative estimate of drug-likeness (QED) is 0.610. The van der Waals surface area contributed by atoms with Crippen molar-refractivity contribution >= 4 is 28.5 Å². The summed E-state index contributed by atoms with van der Waals surface area (Å²) in [5.41, 5.74) is 2.21. The first-order valence-corrected chi connectivity index (χ1v) is 9.19. The first-order valence-electron chi connectivity index (χ1n) is 9.19. The molecule has 0 bridgehead atoms. The normalized spacial score (nSPS) is 11.8. The van der Waals surface area contributed by atoms with Crippen LogP contribution in [-0.4, -0.2) is 42.2 Å². The van der Waals surface area contributed by atoms with Crippen molar-refractivity contribution in [1.82, 2.24) is 14.9 Å². The zero-order chi connectivity index (χ0) is 20.8. The first-order chi connectivity index (χ1) is 14.0. The number of nitrogens with one attached hydrogen (secondary N) is 2. The summed E-state index contributed by atoms with van der Waals surface area (Å²) in [6.07, 6.45) is 0. The zero-order valence-electron chi connectivity index (χ0n) is 16.6. The SMILES string of the molecule is COCC(=O)NC(C)c1nc2ccccc2n1CC(=O)Nc1cccc(OC)c1. The number of rotatable bonds is 8. The van der Waals surface area contributed by atoms with Crippen LogP contribution in [-0.2, 0) is 20.9 Å². The van der Waals surface area contributed by atoms with E-state index in [1.54, 1.807) is 25.3 Å². The second-order valence-electron chi connectivity index (χ2n) is 6.55. The Balaban J connectivity index is 1.84. The fourth-order valence-electron chi connectivity index (χ4n) is 3.11. The molecule has 1 unspecified atom stereocenters. The van der Waals surface area contributed by atoms with Crippen molar-refractivity contribution in [1.29, 1.82) is 0 Å². The number of para-hydroxylation sites is 2. The summed E-state index contributed by atoms with van der Waals surface area (Å²) in [6.45, 7) is 1.84. The van der Waals surface area contributed by atoms with Gasteiger partial charge >= 0.3 is 0 Å². The second kappa shape index (κ2) is 9.20. The van der Waals surface area contributed by atoms with E-state index < -0.39 is 6.04 Å². The number of carbonyl (C=O) groups is 2. The Morgan fingerprint density at radius 1 is 1.10 bits per heavy atom. The Morgan fingerprint density at radius 3 is 2.66 bits per heavy atom. The van der Waals surface area contributed by atoms with E-state index in [0.29, 0.717) is 17.3 Å². The summed E-state index contributed by atoms with van der Waals surface area (Å²) in [6, 6.07) is 14.3. The van der Waals surface area contributed by atoms with Gasteiger partial charge in [-0.1, -0.05) is 18.2 Å². The topological polar surface area (TPSA) is 94.5 Å². The van der Waals surface area contributed by atoms with E-state index in [0.717, 1.165) is 11.0 Å². The largest absolute Gasteiger partial charge is 0.497 e. The molecule has 0 fully saturated rings. The number of nitrogens with zero attached hydrogens (tertiary/aromatic N) is 2. The average Bonchev–Trinajstić information content (AvgIpc) is 3.07. The Labute approximate surface area is 168 Å². The van der Waals surface area contributed by atoms with Gasteiger partial charge in [-0.15, -0.1) is 0 Å². The van der Waals surface area contributed by atoms with Gasteiger partial charge in [0.25, 0.3) is 0 Å². The third-order valence-corrected chi connectivity index (χ3v) is 4.38. The highest BCUT2D eigenvalue weighted by molar-refractivity contribution is 5.92. The Hall–Kier alpha value is -3.39. The molecule has 1 aromatic heterocycles. The highest BCUT2D eigenvalue weighted by Gasteiger charge is 2.20. The van der Waals surface area contributed by atoms with Crippen LogP contribution in [0.25, 0.3) is 11.0 Å². The van der Waals surface area contributed by atoms with Crippen LogP contribution in [0.15, 0.2) is 48.5 Å². The van der Waals surface area contributed by atoms with E-state index in [1.807, 2.05) is 41.8 Å². The molecule has 0 aliphatic rings. The lowest BCUT2D eigenvalue weighted by Crippen LogP contribution is -2.32. The van der Waals surface area contributed by atoms with E-state index >= 15 is 0 Å². The third kappa shape index (κ3) is 4.91. The highest BCUT2D eigenvalue weighted by atomic mass is 16.5.